The number of nitro groups is 1. The van der Waals surface area contributed by atoms with E-state index in [1.807, 2.05) is 13.8 Å². The van der Waals surface area contributed by atoms with Crippen LogP contribution >= 0.6 is 0 Å². The Morgan fingerprint density at radius 3 is 2.63 bits per heavy atom. The van der Waals surface area contributed by atoms with Crippen molar-refractivity contribution in [2.75, 3.05) is 20.2 Å². The monoisotopic (exact) mass is 413 g/mol. The maximum Gasteiger partial charge on any atom is 0.269 e. The van der Waals surface area contributed by atoms with Crippen LogP contribution in [-0.2, 0) is 4.79 Å². The smallest absolute Gasteiger partial charge is 0.269 e. The Labute approximate surface area is 176 Å². The van der Waals surface area contributed by atoms with Gasteiger partial charge < -0.3 is 15.0 Å². The van der Waals surface area contributed by atoms with Crippen molar-refractivity contribution in [2.24, 2.45) is 0 Å². The minimum absolute atomic E-state index is 0.00440. The van der Waals surface area contributed by atoms with Crippen molar-refractivity contribution in [3.8, 4) is 5.75 Å². The highest BCUT2D eigenvalue weighted by Gasteiger charge is 2.19. The van der Waals surface area contributed by atoms with Crippen LogP contribution in [0.3, 0.4) is 0 Å². The molecule has 0 aliphatic carbocycles. The third kappa shape index (κ3) is 6.04. The standard InChI is InChI=1S/C22H27N3O5/c1-4-30-20-12-6-5-11-19(20)22(27)23-14-8-13-21(26)24(3)16(2)17-9-7-10-18(15-17)25(28)29/h5-7,9-12,15-16H,4,8,13-14H2,1-3H3,(H,23,27)/t16-/m0/s1. The lowest BCUT2D eigenvalue weighted by Gasteiger charge is -2.25. The number of nitrogens with one attached hydrogen (secondary N) is 1. The Morgan fingerprint density at radius 2 is 1.93 bits per heavy atom. The molecule has 2 aromatic carbocycles. The molecular weight excluding hydrogens is 386 g/mol. The highest BCUT2D eigenvalue weighted by atomic mass is 16.6. The van der Waals surface area contributed by atoms with Gasteiger partial charge in [-0.2, -0.15) is 0 Å². The summed E-state index contributed by atoms with van der Waals surface area (Å²) < 4.78 is 5.46. The average Bonchev–Trinajstić information content (AvgIpc) is 2.76. The molecule has 0 heterocycles. The Balaban J connectivity index is 1.85. The summed E-state index contributed by atoms with van der Waals surface area (Å²) in [6, 6.07) is 13.0. The van der Waals surface area contributed by atoms with Crippen molar-refractivity contribution in [1.82, 2.24) is 10.2 Å². The fourth-order valence-corrected chi connectivity index (χ4v) is 2.99. The molecular formula is C22H27N3O5. The lowest BCUT2D eigenvalue weighted by atomic mass is 10.1. The largest absolute Gasteiger partial charge is 0.493 e. The zero-order valence-electron chi connectivity index (χ0n) is 17.5. The summed E-state index contributed by atoms with van der Waals surface area (Å²) in [5, 5.41) is 13.8. The second-order valence-corrected chi connectivity index (χ2v) is 6.82. The zero-order valence-corrected chi connectivity index (χ0v) is 17.5. The predicted octanol–water partition coefficient (Wildman–Crippen LogP) is 3.72. The Bertz CT molecular complexity index is 900. The number of carbonyl (C=O) groups excluding carboxylic acids is 2. The third-order valence-electron chi connectivity index (χ3n) is 4.82. The molecule has 0 fully saturated rings. The third-order valence-corrected chi connectivity index (χ3v) is 4.82. The van der Waals surface area contributed by atoms with Crippen molar-refractivity contribution in [1.29, 1.82) is 0 Å². The van der Waals surface area contributed by atoms with Gasteiger partial charge in [-0.1, -0.05) is 24.3 Å². The maximum absolute atomic E-state index is 12.5. The molecule has 2 aromatic rings. The second-order valence-electron chi connectivity index (χ2n) is 6.82. The number of rotatable bonds is 10. The molecule has 2 amide bonds. The van der Waals surface area contributed by atoms with Gasteiger partial charge in [0.25, 0.3) is 11.6 Å². The summed E-state index contributed by atoms with van der Waals surface area (Å²) >= 11 is 0. The Morgan fingerprint density at radius 1 is 1.20 bits per heavy atom. The Kier molecular flexibility index (Phi) is 8.34. The molecule has 30 heavy (non-hydrogen) atoms. The van der Waals surface area contributed by atoms with Gasteiger partial charge >= 0.3 is 0 Å². The summed E-state index contributed by atoms with van der Waals surface area (Å²) in [4.78, 5) is 36.9. The number of nitrogens with zero attached hydrogens (tertiary/aromatic N) is 2. The summed E-state index contributed by atoms with van der Waals surface area (Å²) in [6.45, 7) is 4.49. The first-order chi connectivity index (χ1) is 14.3. The van der Waals surface area contributed by atoms with Gasteiger partial charge in [-0.25, -0.2) is 0 Å². The van der Waals surface area contributed by atoms with Gasteiger partial charge in [0, 0.05) is 32.1 Å². The van der Waals surface area contributed by atoms with Gasteiger partial charge in [-0.05, 0) is 38.0 Å². The molecule has 2 rings (SSSR count). The lowest BCUT2D eigenvalue weighted by Crippen LogP contribution is -2.31. The van der Waals surface area contributed by atoms with Crippen molar-refractivity contribution in [2.45, 2.75) is 32.7 Å². The number of para-hydroxylation sites is 1. The number of nitro benzene ring substituents is 1. The lowest BCUT2D eigenvalue weighted by molar-refractivity contribution is -0.384. The van der Waals surface area contributed by atoms with Crippen LogP contribution in [0.1, 0.15) is 48.7 Å². The van der Waals surface area contributed by atoms with E-state index in [0.29, 0.717) is 36.4 Å². The van der Waals surface area contributed by atoms with Crippen LogP contribution in [-0.4, -0.2) is 41.8 Å². The van der Waals surface area contributed by atoms with Crippen LogP contribution in [0, 0.1) is 10.1 Å². The predicted molar refractivity (Wildman–Crippen MR) is 113 cm³/mol. The minimum atomic E-state index is -0.454. The number of hydrogen-bond donors (Lipinski definition) is 1. The number of amides is 2. The molecule has 0 spiro atoms. The number of benzene rings is 2. The second kappa shape index (κ2) is 10.9. The normalized spacial score (nSPS) is 11.4. The van der Waals surface area contributed by atoms with Crippen LogP contribution in [0.25, 0.3) is 0 Å². The Hall–Kier alpha value is -3.42. The fraction of sp³-hybridized carbons (Fsp3) is 0.364. The van der Waals surface area contributed by atoms with E-state index in [9.17, 15) is 19.7 Å². The summed E-state index contributed by atoms with van der Waals surface area (Å²) in [7, 11) is 1.67. The van der Waals surface area contributed by atoms with Crippen LogP contribution in [0.15, 0.2) is 48.5 Å². The number of hydrogen-bond acceptors (Lipinski definition) is 5. The molecule has 0 aliphatic rings. The molecule has 0 bridgehead atoms. The van der Waals surface area contributed by atoms with Crippen molar-refractivity contribution >= 4 is 17.5 Å². The topological polar surface area (TPSA) is 102 Å². The molecule has 8 nitrogen and oxygen atoms in total. The highest BCUT2D eigenvalue weighted by Crippen LogP contribution is 2.23. The van der Waals surface area contributed by atoms with Gasteiger partial charge in [0.15, 0.2) is 0 Å². The first-order valence-corrected chi connectivity index (χ1v) is 9.85. The maximum atomic E-state index is 12.5. The van der Waals surface area contributed by atoms with E-state index < -0.39 is 4.92 Å². The quantitative estimate of drug-likeness (QED) is 0.363. The molecule has 160 valence electrons. The van der Waals surface area contributed by atoms with Crippen LogP contribution in [0.2, 0.25) is 0 Å². The molecule has 0 radical (unpaired) electrons. The van der Waals surface area contributed by atoms with E-state index in [4.69, 9.17) is 4.74 Å². The van der Waals surface area contributed by atoms with Crippen molar-refractivity contribution in [3.63, 3.8) is 0 Å². The van der Waals surface area contributed by atoms with Crippen LogP contribution in [0.4, 0.5) is 5.69 Å². The van der Waals surface area contributed by atoms with Gasteiger partial charge in [-0.3, -0.25) is 19.7 Å². The molecule has 1 N–H and O–H groups in total. The summed E-state index contributed by atoms with van der Waals surface area (Å²) in [5.74, 6) is 0.182. The first-order valence-electron chi connectivity index (χ1n) is 9.85. The summed E-state index contributed by atoms with van der Waals surface area (Å²) in [6.07, 6.45) is 0.733. The number of carbonyl (C=O) groups is 2. The molecule has 0 saturated heterocycles. The van der Waals surface area contributed by atoms with Gasteiger partial charge in [0.2, 0.25) is 5.91 Å². The average molecular weight is 413 g/mol. The molecule has 0 aromatic heterocycles. The highest BCUT2D eigenvalue weighted by molar-refractivity contribution is 5.96. The van der Waals surface area contributed by atoms with E-state index in [2.05, 4.69) is 5.32 Å². The minimum Gasteiger partial charge on any atom is -0.493 e. The SMILES string of the molecule is CCOc1ccccc1C(=O)NCCCC(=O)N(C)[C@@H](C)c1cccc([N+](=O)[O-])c1. The van der Waals surface area contributed by atoms with E-state index in [-0.39, 0.29) is 30.0 Å². The van der Waals surface area contributed by atoms with E-state index in [0.717, 1.165) is 0 Å². The molecule has 0 saturated carbocycles. The van der Waals surface area contributed by atoms with Gasteiger partial charge in [0.05, 0.1) is 23.1 Å². The van der Waals surface area contributed by atoms with E-state index in [1.54, 1.807) is 48.3 Å². The molecule has 8 heteroatoms. The van der Waals surface area contributed by atoms with Gasteiger partial charge in [-0.15, -0.1) is 0 Å². The van der Waals surface area contributed by atoms with Crippen molar-refractivity contribution < 1.29 is 19.2 Å². The van der Waals surface area contributed by atoms with E-state index in [1.165, 1.54) is 12.1 Å². The van der Waals surface area contributed by atoms with E-state index >= 15 is 0 Å². The summed E-state index contributed by atoms with van der Waals surface area (Å²) in [5.41, 5.74) is 1.15. The van der Waals surface area contributed by atoms with Crippen LogP contribution < -0.4 is 10.1 Å². The molecule has 1 atom stereocenters. The number of non-ortho nitro benzene ring substituents is 1. The first kappa shape index (κ1) is 22.9. The molecule has 0 aliphatic heterocycles. The molecule has 0 unspecified atom stereocenters. The van der Waals surface area contributed by atoms with Gasteiger partial charge in [0.1, 0.15) is 5.75 Å². The van der Waals surface area contributed by atoms with Crippen LogP contribution in [0.5, 0.6) is 5.75 Å². The fourth-order valence-electron chi connectivity index (χ4n) is 2.99. The zero-order chi connectivity index (χ0) is 22.1. The number of ether oxygens (including phenoxy) is 1. The van der Waals surface area contributed by atoms with Crippen molar-refractivity contribution in [3.05, 3.63) is 69.8 Å².